The second-order valence-electron chi connectivity index (χ2n) is 2.88. The molecule has 5 nitrogen and oxygen atoms in total. The van der Waals surface area contributed by atoms with Crippen molar-refractivity contribution in [2.75, 3.05) is 26.4 Å². The van der Waals surface area contributed by atoms with Crippen LogP contribution in [0.2, 0.25) is 0 Å². The molecular formula is C11H19NO4. The van der Waals surface area contributed by atoms with E-state index in [4.69, 9.17) is 10.2 Å². The van der Waals surface area contributed by atoms with E-state index in [1.165, 1.54) is 5.56 Å². The minimum atomic E-state index is -0.0600. The van der Waals surface area contributed by atoms with Gasteiger partial charge in [-0.25, -0.2) is 0 Å². The van der Waals surface area contributed by atoms with Crippen LogP contribution < -0.4 is 5.64 Å². The number of hydrogen-bond acceptors (Lipinski definition) is 5. The third-order valence-electron chi connectivity index (χ3n) is 1.45. The lowest BCUT2D eigenvalue weighted by Gasteiger charge is -2.01. The predicted molar refractivity (Wildman–Crippen MR) is 60.4 cm³/mol. The summed E-state index contributed by atoms with van der Waals surface area (Å²) in [7, 11) is 0. The summed E-state index contributed by atoms with van der Waals surface area (Å²) in [4.78, 5) is 8.90. The first-order valence-corrected chi connectivity index (χ1v) is 5.03. The first-order valence-electron chi connectivity index (χ1n) is 5.03. The second kappa shape index (κ2) is 12.1. The van der Waals surface area contributed by atoms with Crippen LogP contribution in [0.25, 0.3) is 0 Å². The minimum Gasteiger partial charge on any atom is -0.394 e. The molecule has 0 aliphatic carbocycles. The number of rotatable bonds is 6. The fourth-order valence-electron chi connectivity index (χ4n) is 0.751. The summed E-state index contributed by atoms with van der Waals surface area (Å²) in [5.41, 5.74) is 3.39. The normalized spacial score (nSPS) is 9.44. The quantitative estimate of drug-likeness (QED) is 0.487. The highest BCUT2D eigenvalue weighted by Crippen LogP contribution is 1.92. The summed E-state index contributed by atoms with van der Waals surface area (Å²) in [6, 6.07) is 10.3. The lowest BCUT2D eigenvalue weighted by molar-refractivity contribution is -0.178. The number of nitrogens with one attached hydrogen (secondary N) is 1. The van der Waals surface area contributed by atoms with Crippen molar-refractivity contribution in [2.45, 2.75) is 6.92 Å². The van der Waals surface area contributed by atoms with E-state index in [9.17, 15) is 0 Å². The largest absolute Gasteiger partial charge is 0.394 e. The minimum absolute atomic E-state index is 0.0600. The average Bonchev–Trinajstić information content (AvgIpc) is 2.31. The maximum Gasteiger partial charge on any atom is 0.0940 e. The molecule has 0 saturated heterocycles. The SMILES string of the molecule is Cc1ccccc1.OCCONOCCO. The van der Waals surface area contributed by atoms with Crippen molar-refractivity contribution in [3.63, 3.8) is 0 Å². The van der Waals surface area contributed by atoms with Gasteiger partial charge in [0.25, 0.3) is 0 Å². The van der Waals surface area contributed by atoms with Gasteiger partial charge < -0.3 is 10.2 Å². The van der Waals surface area contributed by atoms with Crippen LogP contribution in [0.4, 0.5) is 0 Å². The van der Waals surface area contributed by atoms with Crippen LogP contribution in [0, 0.1) is 6.92 Å². The van der Waals surface area contributed by atoms with Crippen molar-refractivity contribution in [2.24, 2.45) is 0 Å². The molecular weight excluding hydrogens is 210 g/mol. The van der Waals surface area contributed by atoms with Crippen LogP contribution in [0.5, 0.6) is 0 Å². The van der Waals surface area contributed by atoms with Gasteiger partial charge in [0.15, 0.2) is 0 Å². The molecule has 0 atom stereocenters. The second-order valence-corrected chi connectivity index (χ2v) is 2.88. The zero-order valence-corrected chi connectivity index (χ0v) is 9.43. The van der Waals surface area contributed by atoms with Gasteiger partial charge in [-0.3, -0.25) is 9.68 Å². The molecule has 1 rings (SSSR count). The monoisotopic (exact) mass is 229 g/mol. The summed E-state index contributed by atoms with van der Waals surface area (Å²) >= 11 is 0. The molecule has 92 valence electrons. The third kappa shape index (κ3) is 11.1. The molecule has 0 spiro atoms. The molecule has 0 amide bonds. The van der Waals surface area contributed by atoms with E-state index in [0.717, 1.165) is 0 Å². The molecule has 0 radical (unpaired) electrons. The van der Waals surface area contributed by atoms with Crippen LogP contribution in [-0.2, 0) is 9.68 Å². The molecule has 16 heavy (non-hydrogen) atoms. The van der Waals surface area contributed by atoms with Gasteiger partial charge in [0.2, 0.25) is 0 Å². The summed E-state index contributed by atoms with van der Waals surface area (Å²) in [5.74, 6) is 0. The van der Waals surface area contributed by atoms with E-state index in [1.807, 2.05) is 18.2 Å². The third-order valence-corrected chi connectivity index (χ3v) is 1.45. The van der Waals surface area contributed by atoms with Crippen molar-refractivity contribution in [1.82, 2.24) is 5.64 Å². The van der Waals surface area contributed by atoms with Crippen molar-refractivity contribution in [1.29, 1.82) is 0 Å². The van der Waals surface area contributed by atoms with Gasteiger partial charge in [-0.05, 0) is 6.92 Å². The Morgan fingerprint density at radius 1 is 1.00 bits per heavy atom. The van der Waals surface area contributed by atoms with Crippen LogP contribution in [0.1, 0.15) is 5.56 Å². The first kappa shape index (κ1) is 15.0. The molecule has 0 saturated carbocycles. The fourth-order valence-corrected chi connectivity index (χ4v) is 0.751. The molecule has 0 unspecified atom stereocenters. The summed E-state index contributed by atoms with van der Waals surface area (Å²) in [5, 5.41) is 16.3. The van der Waals surface area contributed by atoms with E-state index in [-0.39, 0.29) is 26.4 Å². The number of aliphatic hydroxyl groups is 2. The lowest BCUT2D eigenvalue weighted by atomic mass is 10.2. The van der Waals surface area contributed by atoms with Gasteiger partial charge in [-0.15, -0.1) is 0 Å². The molecule has 0 bridgehead atoms. The summed E-state index contributed by atoms with van der Waals surface area (Å²) < 4.78 is 0. The zero-order chi connectivity index (χ0) is 12.1. The highest BCUT2D eigenvalue weighted by atomic mass is 16.9. The van der Waals surface area contributed by atoms with E-state index < -0.39 is 0 Å². The van der Waals surface area contributed by atoms with E-state index in [1.54, 1.807) is 0 Å². The first-order chi connectivity index (χ1) is 7.81. The van der Waals surface area contributed by atoms with Gasteiger partial charge in [-0.2, -0.15) is 0 Å². The molecule has 0 heterocycles. The number of benzene rings is 1. The Morgan fingerprint density at radius 2 is 1.50 bits per heavy atom. The Labute approximate surface area is 95.5 Å². The Hall–Kier alpha value is -0.980. The van der Waals surface area contributed by atoms with Crippen molar-refractivity contribution < 1.29 is 19.9 Å². The maximum absolute atomic E-state index is 8.15. The van der Waals surface area contributed by atoms with Crippen molar-refractivity contribution >= 4 is 0 Å². The smallest absolute Gasteiger partial charge is 0.0940 e. The number of aryl methyl sites for hydroxylation is 1. The molecule has 1 aromatic rings. The molecule has 5 heteroatoms. The average molecular weight is 229 g/mol. The number of aliphatic hydroxyl groups excluding tert-OH is 2. The van der Waals surface area contributed by atoms with Crippen LogP contribution in [-0.4, -0.2) is 36.6 Å². The summed E-state index contributed by atoms with van der Waals surface area (Å²) in [6.45, 7) is 2.31. The Bertz CT molecular complexity index is 225. The van der Waals surface area contributed by atoms with Gasteiger partial charge >= 0.3 is 0 Å². The highest BCUT2D eigenvalue weighted by molar-refractivity contribution is 5.11. The van der Waals surface area contributed by atoms with Crippen molar-refractivity contribution in [3.05, 3.63) is 35.9 Å². The van der Waals surface area contributed by atoms with Gasteiger partial charge in [0.05, 0.1) is 26.4 Å². The van der Waals surface area contributed by atoms with Crippen LogP contribution >= 0.6 is 0 Å². The van der Waals surface area contributed by atoms with E-state index in [2.05, 4.69) is 34.4 Å². The Kier molecular flexibility index (Phi) is 11.4. The Morgan fingerprint density at radius 3 is 1.81 bits per heavy atom. The van der Waals surface area contributed by atoms with Gasteiger partial charge in [0, 0.05) is 0 Å². The predicted octanol–water partition coefficient (Wildman–Crippen LogP) is 0.419. The topological polar surface area (TPSA) is 71.0 Å². The molecule has 0 aliphatic rings. The zero-order valence-electron chi connectivity index (χ0n) is 9.43. The fraction of sp³-hybridized carbons (Fsp3) is 0.455. The highest BCUT2D eigenvalue weighted by Gasteiger charge is 1.83. The number of hydrogen-bond donors (Lipinski definition) is 3. The van der Waals surface area contributed by atoms with E-state index in [0.29, 0.717) is 0 Å². The van der Waals surface area contributed by atoms with Crippen LogP contribution in [0.15, 0.2) is 30.3 Å². The standard InChI is InChI=1S/C7H8.C4H11NO4/c1-7-5-3-2-4-6-7;6-1-3-8-5-9-4-2-7/h2-6H,1H3;5-7H,1-4H2. The lowest BCUT2D eigenvalue weighted by Crippen LogP contribution is -2.19. The molecule has 3 N–H and O–H groups in total. The Balaban J connectivity index is 0.000000288. The van der Waals surface area contributed by atoms with Crippen molar-refractivity contribution in [3.8, 4) is 0 Å². The molecule has 0 aromatic heterocycles. The van der Waals surface area contributed by atoms with E-state index >= 15 is 0 Å². The molecule has 1 aromatic carbocycles. The van der Waals surface area contributed by atoms with Crippen LogP contribution in [0.3, 0.4) is 0 Å². The maximum atomic E-state index is 8.15. The summed E-state index contributed by atoms with van der Waals surface area (Å²) in [6.07, 6.45) is 0. The van der Waals surface area contributed by atoms with Gasteiger partial charge in [0.1, 0.15) is 0 Å². The van der Waals surface area contributed by atoms with Gasteiger partial charge in [-0.1, -0.05) is 41.5 Å². The molecule has 0 fully saturated rings. The molecule has 0 aliphatic heterocycles.